The minimum atomic E-state index is -0.321. The first-order chi connectivity index (χ1) is 13.9. The van der Waals surface area contributed by atoms with E-state index in [0.717, 1.165) is 17.3 Å². The molecule has 3 N–H and O–H groups in total. The van der Waals surface area contributed by atoms with Gasteiger partial charge in [-0.3, -0.25) is 0 Å². The predicted molar refractivity (Wildman–Crippen MR) is 116 cm³/mol. The second kappa shape index (κ2) is 8.92. The smallest absolute Gasteiger partial charge is 0.323 e. The lowest BCUT2D eigenvalue weighted by molar-refractivity contribution is 0.262. The van der Waals surface area contributed by atoms with E-state index in [4.69, 9.17) is 4.74 Å². The zero-order valence-electron chi connectivity index (χ0n) is 16.9. The topological polar surface area (TPSA) is 91.4 Å². The van der Waals surface area contributed by atoms with Gasteiger partial charge in [0, 0.05) is 37.2 Å². The third-order valence-corrected chi connectivity index (χ3v) is 4.05. The number of aryl methyl sites for hydroxylation is 1. The second-order valence-corrected chi connectivity index (χ2v) is 6.56. The van der Waals surface area contributed by atoms with Crippen LogP contribution >= 0.6 is 0 Å². The highest BCUT2D eigenvalue weighted by molar-refractivity contribution is 5.99. The van der Waals surface area contributed by atoms with Crippen LogP contribution in [0.3, 0.4) is 0 Å². The Balaban J connectivity index is 1.60. The summed E-state index contributed by atoms with van der Waals surface area (Å²) in [5, 5.41) is 8.83. The van der Waals surface area contributed by atoms with Crippen LogP contribution in [0.25, 0.3) is 0 Å². The number of rotatable bonds is 6. The second-order valence-electron chi connectivity index (χ2n) is 6.56. The van der Waals surface area contributed by atoms with Crippen molar-refractivity contribution in [1.29, 1.82) is 0 Å². The van der Waals surface area contributed by atoms with Gasteiger partial charge in [-0.1, -0.05) is 0 Å². The first-order valence-electron chi connectivity index (χ1n) is 9.05. The Kier molecular flexibility index (Phi) is 6.13. The summed E-state index contributed by atoms with van der Waals surface area (Å²) in [7, 11) is 5.47. The molecule has 29 heavy (non-hydrogen) atoms. The van der Waals surface area contributed by atoms with E-state index in [0.29, 0.717) is 23.0 Å². The lowest BCUT2D eigenvalue weighted by Crippen LogP contribution is -2.19. The molecule has 0 spiro atoms. The molecule has 3 rings (SSSR count). The minimum Gasteiger partial charge on any atom is -0.497 e. The molecule has 0 atom stereocenters. The molecule has 0 fully saturated rings. The molecule has 0 aliphatic carbocycles. The molecule has 0 saturated heterocycles. The van der Waals surface area contributed by atoms with Crippen LogP contribution in [-0.4, -0.2) is 37.2 Å². The molecule has 2 aromatic carbocycles. The number of hydrogen-bond donors (Lipinski definition) is 3. The summed E-state index contributed by atoms with van der Waals surface area (Å²) in [4.78, 5) is 22.9. The van der Waals surface area contributed by atoms with E-state index < -0.39 is 0 Å². The van der Waals surface area contributed by atoms with E-state index in [1.165, 1.54) is 0 Å². The molecule has 0 radical (unpaired) electrons. The number of urea groups is 1. The number of benzene rings is 2. The molecule has 150 valence electrons. The lowest BCUT2D eigenvalue weighted by Gasteiger charge is -2.14. The lowest BCUT2D eigenvalue weighted by atomic mass is 10.2. The first-order valence-corrected chi connectivity index (χ1v) is 9.05. The van der Waals surface area contributed by atoms with E-state index in [2.05, 4.69) is 25.9 Å². The Morgan fingerprint density at radius 1 is 0.897 bits per heavy atom. The highest BCUT2D eigenvalue weighted by Gasteiger charge is 2.06. The van der Waals surface area contributed by atoms with Gasteiger partial charge in [0.1, 0.15) is 23.2 Å². The zero-order valence-corrected chi connectivity index (χ0v) is 16.9. The third-order valence-electron chi connectivity index (χ3n) is 4.05. The number of carbonyl (C=O) groups is 1. The number of nitrogens with zero attached hydrogens (tertiary/aromatic N) is 3. The van der Waals surface area contributed by atoms with Crippen molar-refractivity contribution < 1.29 is 9.53 Å². The molecule has 8 heteroatoms. The van der Waals surface area contributed by atoms with Crippen molar-refractivity contribution in [3.63, 3.8) is 0 Å². The van der Waals surface area contributed by atoms with Gasteiger partial charge >= 0.3 is 6.03 Å². The van der Waals surface area contributed by atoms with Gasteiger partial charge in [-0.15, -0.1) is 0 Å². The van der Waals surface area contributed by atoms with Gasteiger partial charge in [-0.05, 0) is 55.5 Å². The Hall–Kier alpha value is -3.81. The van der Waals surface area contributed by atoms with Crippen LogP contribution in [0.1, 0.15) is 5.82 Å². The number of hydrogen-bond acceptors (Lipinski definition) is 6. The number of amides is 2. The van der Waals surface area contributed by atoms with Gasteiger partial charge in [-0.2, -0.15) is 0 Å². The van der Waals surface area contributed by atoms with Gasteiger partial charge in [0.05, 0.1) is 7.11 Å². The normalized spacial score (nSPS) is 10.2. The Morgan fingerprint density at radius 3 is 2.00 bits per heavy atom. The maximum absolute atomic E-state index is 12.2. The molecule has 0 bridgehead atoms. The molecule has 3 aromatic rings. The fourth-order valence-electron chi connectivity index (χ4n) is 2.60. The molecule has 0 saturated carbocycles. The van der Waals surface area contributed by atoms with Crippen LogP contribution in [0, 0.1) is 6.92 Å². The standard InChI is InChI=1S/C21H24N6O2/c1-14-22-19(13-20(23-14)27(2)3)24-15-5-7-16(8-6-15)25-21(28)26-17-9-11-18(29-4)12-10-17/h5-13H,1-4H3,(H,22,23,24)(H2,25,26,28). The van der Waals surface area contributed by atoms with E-state index in [1.807, 2.05) is 56.3 Å². The average Bonchev–Trinajstić information content (AvgIpc) is 2.69. The molecule has 0 unspecified atom stereocenters. The maximum Gasteiger partial charge on any atom is 0.323 e. The number of aromatic nitrogens is 2. The summed E-state index contributed by atoms with van der Waals surface area (Å²) in [5.41, 5.74) is 2.21. The molecule has 0 aliphatic heterocycles. The molecule has 2 amide bonds. The van der Waals surface area contributed by atoms with Crippen molar-refractivity contribution in [3.05, 3.63) is 60.4 Å². The summed E-state index contributed by atoms with van der Waals surface area (Å²) >= 11 is 0. The summed E-state index contributed by atoms with van der Waals surface area (Å²) < 4.78 is 5.10. The Bertz CT molecular complexity index is 971. The van der Waals surface area contributed by atoms with Gasteiger partial charge < -0.3 is 25.6 Å². The average molecular weight is 392 g/mol. The van der Waals surface area contributed by atoms with Crippen molar-refractivity contribution >= 4 is 34.7 Å². The van der Waals surface area contributed by atoms with E-state index in [1.54, 1.807) is 31.4 Å². The number of anilines is 5. The van der Waals surface area contributed by atoms with Crippen LogP contribution in [0.4, 0.5) is 33.5 Å². The molecular weight excluding hydrogens is 368 g/mol. The van der Waals surface area contributed by atoms with Crippen molar-refractivity contribution in [2.75, 3.05) is 42.1 Å². The van der Waals surface area contributed by atoms with Gasteiger partial charge in [0.25, 0.3) is 0 Å². The SMILES string of the molecule is COc1ccc(NC(=O)Nc2ccc(Nc3cc(N(C)C)nc(C)n3)cc2)cc1. The predicted octanol–water partition coefficient (Wildman–Crippen LogP) is 4.25. The third kappa shape index (κ3) is 5.58. The van der Waals surface area contributed by atoms with E-state index >= 15 is 0 Å². The Labute approximate surface area is 169 Å². The fourth-order valence-corrected chi connectivity index (χ4v) is 2.60. The summed E-state index contributed by atoms with van der Waals surface area (Å²) in [6.45, 7) is 1.85. The summed E-state index contributed by atoms with van der Waals surface area (Å²) in [6.07, 6.45) is 0. The first kappa shape index (κ1) is 19.9. The van der Waals surface area contributed by atoms with Gasteiger partial charge in [0.15, 0.2) is 0 Å². The van der Waals surface area contributed by atoms with E-state index in [9.17, 15) is 4.79 Å². The number of nitrogens with one attached hydrogen (secondary N) is 3. The molecule has 1 heterocycles. The van der Waals surface area contributed by atoms with E-state index in [-0.39, 0.29) is 6.03 Å². The molecular formula is C21H24N6O2. The Morgan fingerprint density at radius 2 is 1.45 bits per heavy atom. The maximum atomic E-state index is 12.2. The minimum absolute atomic E-state index is 0.321. The number of ether oxygens (including phenoxy) is 1. The summed E-state index contributed by atoms with van der Waals surface area (Å²) in [5.74, 6) is 2.95. The monoisotopic (exact) mass is 392 g/mol. The van der Waals surface area contributed by atoms with Crippen LogP contribution in [0.15, 0.2) is 54.6 Å². The van der Waals surface area contributed by atoms with Crippen LogP contribution in [-0.2, 0) is 0 Å². The van der Waals surface area contributed by atoms with Gasteiger partial charge in [-0.25, -0.2) is 14.8 Å². The van der Waals surface area contributed by atoms with Crippen LogP contribution < -0.4 is 25.6 Å². The highest BCUT2D eigenvalue weighted by Crippen LogP contribution is 2.21. The van der Waals surface area contributed by atoms with Crippen molar-refractivity contribution in [1.82, 2.24) is 9.97 Å². The van der Waals surface area contributed by atoms with Gasteiger partial charge in [0.2, 0.25) is 0 Å². The molecule has 8 nitrogen and oxygen atoms in total. The van der Waals surface area contributed by atoms with Crippen LogP contribution in [0.5, 0.6) is 5.75 Å². The number of methoxy groups -OCH3 is 1. The number of carbonyl (C=O) groups excluding carboxylic acids is 1. The van der Waals surface area contributed by atoms with Crippen molar-refractivity contribution in [3.8, 4) is 5.75 Å². The zero-order chi connectivity index (χ0) is 20.8. The quantitative estimate of drug-likeness (QED) is 0.581. The van der Waals surface area contributed by atoms with Crippen molar-refractivity contribution in [2.24, 2.45) is 0 Å². The fraction of sp³-hybridized carbons (Fsp3) is 0.190. The molecule has 1 aromatic heterocycles. The van der Waals surface area contributed by atoms with Crippen molar-refractivity contribution in [2.45, 2.75) is 6.92 Å². The highest BCUT2D eigenvalue weighted by atomic mass is 16.5. The molecule has 0 aliphatic rings. The van der Waals surface area contributed by atoms with Crippen LogP contribution in [0.2, 0.25) is 0 Å². The largest absolute Gasteiger partial charge is 0.497 e. The summed E-state index contributed by atoms with van der Waals surface area (Å²) in [6, 6.07) is 16.0.